The number of aromatic nitrogens is 4. The van der Waals surface area contributed by atoms with E-state index in [9.17, 15) is 0 Å². The van der Waals surface area contributed by atoms with Gasteiger partial charge < -0.3 is 9.30 Å². The zero-order valence-corrected chi connectivity index (χ0v) is 29.4. The minimum atomic E-state index is -2.22. The molecule has 0 amide bonds. The number of aryl methyl sites for hydroxylation is 4. The molecule has 0 bridgehead atoms. The van der Waals surface area contributed by atoms with Crippen molar-refractivity contribution in [2.24, 2.45) is 5.92 Å². The fourth-order valence-electron chi connectivity index (χ4n) is 6.24. The summed E-state index contributed by atoms with van der Waals surface area (Å²) in [6, 6.07) is 34.6. The maximum absolute atomic E-state index is 8.01. The molecular weight excluding hydrogens is 760 g/mol. The third-order valence-electron chi connectivity index (χ3n) is 8.48. The molecule has 0 aliphatic carbocycles. The van der Waals surface area contributed by atoms with Crippen LogP contribution in [0.3, 0.4) is 0 Å². The Balaban J connectivity index is 0.00000432. The molecule has 6 heteroatoms. The first-order valence-electron chi connectivity index (χ1n) is 17.3. The molecular formula is C41H38N4OPt. The van der Waals surface area contributed by atoms with E-state index in [4.69, 9.17) is 13.9 Å². The number of ether oxygens (including phenoxy) is 1. The summed E-state index contributed by atoms with van der Waals surface area (Å²) in [4.78, 5) is 4.67. The molecule has 3 aromatic heterocycles. The molecule has 5 nitrogen and oxygen atoms in total. The van der Waals surface area contributed by atoms with Crippen LogP contribution in [0.1, 0.15) is 52.5 Å². The predicted octanol–water partition coefficient (Wildman–Crippen LogP) is 10.2. The summed E-state index contributed by atoms with van der Waals surface area (Å²) in [5.74, 6) is 2.36. The smallest absolute Gasteiger partial charge is 0.509 e. The zero-order valence-electron chi connectivity index (χ0n) is 30.2. The van der Waals surface area contributed by atoms with Crippen LogP contribution in [0, 0.1) is 45.7 Å². The van der Waals surface area contributed by atoms with Crippen molar-refractivity contribution in [1.82, 2.24) is 19.3 Å². The summed E-state index contributed by atoms with van der Waals surface area (Å²) >= 11 is 0. The Morgan fingerprint density at radius 3 is 2.45 bits per heavy atom. The van der Waals surface area contributed by atoms with Gasteiger partial charge in [-0.25, -0.2) is 4.98 Å². The van der Waals surface area contributed by atoms with Crippen LogP contribution in [0.25, 0.3) is 44.4 Å². The summed E-state index contributed by atoms with van der Waals surface area (Å²) < 4.78 is 34.6. The molecule has 0 unspecified atom stereocenters. The van der Waals surface area contributed by atoms with E-state index in [0.717, 1.165) is 79.8 Å². The second-order valence-electron chi connectivity index (χ2n) is 12.4. The Morgan fingerprint density at radius 2 is 1.68 bits per heavy atom. The van der Waals surface area contributed by atoms with Crippen molar-refractivity contribution in [2.45, 2.75) is 54.3 Å². The molecule has 0 saturated heterocycles. The van der Waals surface area contributed by atoms with E-state index < -0.39 is 6.85 Å². The standard InChI is InChI=1S/C41H38N4O.Pt/c1-26(2)12-14-31-22-33(45-30(6)41(29(5)43-45)32-10-8-7-9-11-32)24-35(23-31)46-34-15-16-36-37-20-27(3)13-17-38(37)44(39(36)25-34)40-21-28(4)18-19-42-40;/h7-11,13,15-23,26H,12,14H2,1-6H3;/q-2;+2/i3D3;. The molecule has 0 fully saturated rings. The van der Waals surface area contributed by atoms with Crippen LogP contribution in [0.5, 0.6) is 11.5 Å². The van der Waals surface area contributed by atoms with Crippen LogP contribution in [0.2, 0.25) is 0 Å². The second-order valence-corrected chi connectivity index (χ2v) is 12.4. The van der Waals surface area contributed by atoms with Gasteiger partial charge in [-0.3, -0.25) is 4.68 Å². The Labute approximate surface area is 295 Å². The second kappa shape index (κ2) is 13.3. The van der Waals surface area contributed by atoms with Gasteiger partial charge in [0, 0.05) is 38.6 Å². The van der Waals surface area contributed by atoms with Crippen molar-refractivity contribution < 1.29 is 29.9 Å². The van der Waals surface area contributed by atoms with Gasteiger partial charge in [-0.05, 0) is 80.4 Å². The van der Waals surface area contributed by atoms with Crippen molar-refractivity contribution in [3.63, 3.8) is 0 Å². The molecule has 0 radical (unpaired) electrons. The average molecular weight is 801 g/mol. The minimum absolute atomic E-state index is 0. The number of fused-ring (bicyclic) bond motifs is 3. The Bertz CT molecular complexity index is 2320. The van der Waals surface area contributed by atoms with Crippen LogP contribution >= 0.6 is 0 Å². The fraction of sp³-hybridized carbons (Fsp3) is 0.220. The van der Waals surface area contributed by atoms with Crippen LogP contribution in [-0.4, -0.2) is 19.3 Å². The van der Waals surface area contributed by atoms with Gasteiger partial charge in [0.15, 0.2) is 0 Å². The number of benzene rings is 4. The molecule has 0 N–H and O–H groups in total. The number of pyridine rings is 1. The van der Waals surface area contributed by atoms with E-state index >= 15 is 0 Å². The van der Waals surface area contributed by atoms with Gasteiger partial charge in [-0.15, -0.1) is 35.7 Å². The Kier molecular flexibility index (Phi) is 8.15. The largest absolute Gasteiger partial charge is 2.00 e. The average Bonchev–Trinajstić information content (AvgIpc) is 3.55. The molecule has 0 spiro atoms. The Hall–Kier alpha value is -4.47. The SMILES string of the molecule is [2H]C([2H])([2H])c1ccc2c(c1)c1ccc(Oc3[c-]c(-n4nc(C)c(-c5ccccc5)c4C)cc(CCC(C)C)c3)[c-]c1n2-c1cc(C)ccn1.[Pt+2]. The summed E-state index contributed by atoms with van der Waals surface area (Å²) in [5, 5.41) is 6.64. The molecule has 0 aliphatic rings. The van der Waals surface area contributed by atoms with Gasteiger partial charge in [0.05, 0.1) is 5.69 Å². The van der Waals surface area contributed by atoms with Crippen molar-refractivity contribution in [1.29, 1.82) is 0 Å². The van der Waals surface area contributed by atoms with Gasteiger partial charge in [0.1, 0.15) is 5.82 Å². The van der Waals surface area contributed by atoms with E-state index in [0.29, 0.717) is 17.4 Å². The normalized spacial score (nSPS) is 12.6. The van der Waals surface area contributed by atoms with E-state index in [1.165, 1.54) is 0 Å². The van der Waals surface area contributed by atoms with Gasteiger partial charge in [-0.2, -0.15) is 16.7 Å². The third kappa shape index (κ3) is 6.42. The number of hydrogen-bond donors (Lipinski definition) is 0. The first-order chi connectivity index (χ1) is 23.5. The molecule has 0 saturated carbocycles. The molecule has 7 rings (SSSR count). The van der Waals surface area contributed by atoms with Crippen molar-refractivity contribution in [2.75, 3.05) is 0 Å². The van der Waals surface area contributed by atoms with Gasteiger partial charge in [0.2, 0.25) is 0 Å². The van der Waals surface area contributed by atoms with Crippen LogP contribution in [0.4, 0.5) is 0 Å². The molecule has 47 heavy (non-hydrogen) atoms. The first kappa shape index (κ1) is 28.7. The van der Waals surface area contributed by atoms with Crippen LogP contribution in [-0.2, 0) is 27.5 Å². The van der Waals surface area contributed by atoms with Gasteiger partial charge in [-0.1, -0.05) is 73.8 Å². The molecule has 4 aromatic carbocycles. The summed E-state index contributed by atoms with van der Waals surface area (Å²) in [7, 11) is 0. The van der Waals surface area contributed by atoms with Crippen LogP contribution < -0.4 is 4.74 Å². The summed E-state index contributed by atoms with van der Waals surface area (Å²) in [6.45, 7) is 8.39. The number of rotatable bonds is 8. The van der Waals surface area contributed by atoms with E-state index in [-0.39, 0.29) is 26.6 Å². The number of nitrogens with zero attached hydrogens (tertiary/aromatic N) is 4. The zero-order chi connectivity index (χ0) is 34.4. The quantitative estimate of drug-likeness (QED) is 0.144. The van der Waals surface area contributed by atoms with Gasteiger partial charge in [0.25, 0.3) is 0 Å². The Morgan fingerprint density at radius 1 is 0.851 bits per heavy atom. The van der Waals surface area contributed by atoms with Crippen LogP contribution in [0.15, 0.2) is 91.1 Å². The maximum atomic E-state index is 8.01. The molecule has 0 atom stereocenters. The first-order valence-corrected chi connectivity index (χ1v) is 15.8. The molecule has 238 valence electrons. The van der Waals surface area contributed by atoms with Crippen molar-refractivity contribution in [3.05, 3.63) is 131 Å². The minimum Gasteiger partial charge on any atom is -0.509 e. The van der Waals surface area contributed by atoms with Gasteiger partial charge >= 0.3 is 21.1 Å². The van der Waals surface area contributed by atoms with E-state index in [2.05, 4.69) is 56.1 Å². The van der Waals surface area contributed by atoms with Crippen molar-refractivity contribution in [3.8, 4) is 34.1 Å². The fourth-order valence-corrected chi connectivity index (χ4v) is 6.24. The summed E-state index contributed by atoms with van der Waals surface area (Å²) in [5.41, 5.74) is 9.12. The predicted molar refractivity (Wildman–Crippen MR) is 187 cm³/mol. The molecule has 7 aromatic rings. The molecule has 3 heterocycles. The van der Waals surface area contributed by atoms with E-state index in [1.54, 1.807) is 18.3 Å². The maximum Gasteiger partial charge on any atom is 2.00 e. The topological polar surface area (TPSA) is 44.9 Å². The summed E-state index contributed by atoms with van der Waals surface area (Å²) in [6.07, 6.45) is 3.71. The van der Waals surface area contributed by atoms with Crippen molar-refractivity contribution >= 4 is 21.8 Å². The number of hydrogen-bond acceptors (Lipinski definition) is 3. The monoisotopic (exact) mass is 800 g/mol. The van der Waals surface area contributed by atoms with E-state index in [1.807, 2.05) is 77.7 Å². The molecule has 0 aliphatic heterocycles. The third-order valence-corrected chi connectivity index (χ3v) is 8.48.